The Morgan fingerprint density at radius 3 is 2.64 bits per heavy atom. The van der Waals surface area contributed by atoms with E-state index in [-0.39, 0.29) is 5.91 Å². The van der Waals surface area contributed by atoms with Gasteiger partial charge in [-0.3, -0.25) is 9.36 Å². The zero-order valence-corrected chi connectivity index (χ0v) is 16.7. The lowest BCUT2D eigenvalue weighted by Gasteiger charge is -2.03. The van der Waals surface area contributed by atoms with Gasteiger partial charge in [-0.1, -0.05) is 72.4 Å². The van der Waals surface area contributed by atoms with Gasteiger partial charge in [0.2, 0.25) is 0 Å². The van der Waals surface area contributed by atoms with Crippen LogP contribution in [0.25, 0.3) is 23.2 Å². The summed E-state index contributed by atoms with van der Waals surface area (Å²) < 4.78 is 1.69. The average Bonchev–Trinajstić information content (AvgIpc) is 3.37. The number of hydrogen-bond donors (Lipinski definition) is 0. The first-order chi connectivity index (χ1) is 13.8. The summed E-state index contributed by atoms with van der Waals surface area (Å²) in [5.74, 6) is 0.650. The molecule has 4 aromatic rings. The highest BCUT2D eigenvalue weighted by Gasteiger charge is 2.14. The van der Waals surface area contributed by atoms with Crippen molar-refractivity contribution in [3.05, 3.63) is 94.7 Å². The molecule has 4 rings (SSSR count). The van der Waals surface area contributed by atoms with Crippen molar-refractivity contribution in [3.63, 3.8) is 0 Å². The van der Waals surface area contributed by atoms with Crippen LogP contribution in [0.1, 0.15) is 15.2 Å². The van der Waals surface area contributed by atoms with Crippen molar-refractivity contribution in [2.75, 3.05) is 5.75 Å². The normalized spacial score (nSPS) is 11.7. The van der Waals surface area contributed by atoms with E-state index in [9.17, 15) is 4.79 Å². The SMILES string of the molecule is O=C(/C=C\c1cccs1)n1c(SC/C=C/c2ccccc2)nc2ccccc21. The lowest BCUT2D eigenvalue weighted by Crippen LogP contribution is -2.08. The second-order valence-corrected chi connectivity index (χ2v) is 8.00. The molecule has 0 atom stereocenters. The van der Waals surface area contributed by atoms with Crippen molar-refractivity contribution in [2.24, 2.45) is 0 Å². The molecule has 2 aromatic heterocycles. The summed E-state index contributed by atoms with van der Waals surface area (Å²) in [5, 5.41) is 2.71. The monoisotopic (exact) mass is 402 g/mol. The molecule has 0 aliphatic heterocycles. The molecule has 0 amide bonds. The minimum absolute atomic E-state index is 0.0864. The second-order valence-electron chi connectivity index (χ2n) is 6.03. The highest BCUT2D eigenvalue weighted by Crippen LogP contribution is 2.25. The molecule has 2 heterocycles. The van der Waals surface area contributed by atoms with E-state index in [1.54, 1.807) is 33.7 Å². The first-order valence-corrected chi connectivity index (χ1v) is 10.8. The number of rotatable bonds is 6. The van der Waals surface area contributed by atoms with Gasteiger partial charge in [-0.25, -0.2) is 4.98 Å². The van der Waals surface area contributed by atoms with E-state index in [2.05, 4.69) is 29.3 Å². The number of imidazole rings is 1. The smallest absolute Gasteiger partial charge is 0.257 e. The van der Waals surface area contributed by atoms with Gasteiger partial charge in [0.15, 0.2) is 5.16 Å². The van der Waals surface area contributed by atoms with E-state index in [0.29, 0.717) is 5.16 Å². The molecule has 0 saturated heterocycles. The topological polar surface area (TPSA) is 34.9 Å². The first kappa shape index (κ1) is 18.5. The van der Waals surface area contributed by atoms with Crippen molar-refractivity contribution in [2.45, 2.75) is 5.16 Å². The van der Waals surface area contributed by atoms with E-state index >= 15 is 0 Å². The van der Waals surface area contributed by atoms with Gasteiger partial charge in [0.1, 0.15) is 0 Å². The molecule has 2 aromatic carbocycles. The maximum absolute atomic E-state index is 12.9. The minimum atomic E-state index is -0.0864. The number of aromatic nitrogens is 2. The number of para-hydroxylation sites is 2. The van der Waals surface area contributed by atoms with Crippen molar-refractivity contribution < 1.29 is 4.79 Å². The summed E-state index contributed by atoms with van der Waals surface area (Å²) in [4.78, 5) is 18.6. The quantitative estimate of drug-likeness (QED) is 0.282. The number of thioether (sulfide) groups is 1. The Balaban J connectivity index is 1.56. The van der Waals surface area contributed by atoms with Crippen LogP contribution in [0.15, 0.2) is 89.4 Å². The maximum Gasteiger partial charge on any atom is 0.257 e. The molecule has 0 aliphatic carbocycles. The molecule has 5 heteroatoms. The summed E-state index contributed by atoms with van der Waals surface area (Å²) in [5.41, 5.74) is 2.82. The molecule has 0 saturated carbocycles. The van der Waals surface area contributed by atoms with Gasteiger partial charge in [0.25, 0.3) is 5.91 Å². The van der Waals surface area contributed by atoms with Gasteiger partial charge < -0.3 is 0 Å². The maximum atomic E-state index is 12.9. The number of nitrogens with zero attached hydrogens (tertiary/aromatic N) is 2. The molecule has 0 radical (unpaired) electrons. The van der Waals surface area contributed by atoms with Crippen LogP contribution < -0.4 is 0 Å². The van der Waals surface area contributed by atoms with E-state index in [1.807, 2.05) is 66.1 Å². The summed E-state index contributed by atoms with van der Waals surface area (Å²) in [7, 11) is 0. The van der Waals surface area contributed by atoms with E-state index in [0.717, 1.165) is 27.2 Å². The summed E-state index contributed by atoms with van der Waals surface area (Å²) in [6, 6.07) is 21.9. The zero-order chi connectivity index (χ0) is 19.2. The van der Waals surface area contributed by atoms with Crippen molar-refractivity contribution in [1.29, 1.82) is 0 Å². The van der Waals surface area contributed by atoms with Gasteiger partial charge >= 0.3 is 0 Å². The van der Waals surface area contributed by atoms with Crippen LogP contribution in [0.5, 0.6) is 0 Å². The first-order valence-electron chi connectivity index (χ1n) is 8.89. The highest BCUT2D eigenvalue weighted by molar-refractivity contribution is 7.99. The fourth-order valence-electron chi connectivity index (χ4n) is 2.80. The molecular weight excluding hydrogens is 384 g/mol. The fourth-order valence-corrected chi connectivity index (χ4v) is 4.24. The molecule has 0 N–H and O–H groups in total. The third kappa shape index (κ3) is 4.32. The average molecular weight is 403 g/mol. The second kappa shape index (κ2) is 8.87. The van der Waals surface area contributed by atoms with Crippen LogP contribution in [0, 0.1) is 0 Å². The number of thiophene rings is 1. The fraction of sp³-hybridized carbons (Fsp3) is 0.0435. The number of allylic oxidation sites excluding steroid dienone is 1. The lowest BCUT2D eigenvalue weighted by atomic mass is 10.2. The summed E-state index contributed by atoms with van der Waals surface area (Å²) >= 11 is 3.16. The Hall–Kier alpha value is -2.89. The summed E-state index contributed by atoms with van der Waals surface area (Å²) in [6.45, 7) is 0. The van der Waals surface area contributed by atoms with Crippen LogP contribution in [0.3, 0.4) is 0 Å². The Kier molecular flexibility index (Phi) is 5.85. The van der Waals surface area contributed by atoms with E-state index in [4.69, 9.17) is 0 Å². The van der Waals surface area contributed by atoms with Crippen molar-refractivity contribution >= 4 is 52.2 Å². The van der Waals surface area contributed by atoms with Crippen LogP contribution in [-0.4, -0.2) is 21.2 Å². The Bertz CT molecular complexity index is 1130. The molecule has 0 fully saturated rings. The third-order valence-electron chi connectivity index (χ3n) is 4.10. The van der Waals surface area contributed by atoms with Gasteiger partial charge in [-0.05, 0) is 35.2 Å². The van der Waals surface area contributed by atoms with Gasteiger partial charge in [0, 0.05) is 16.7 Å². The van der Waals surface area contributed by atoms with Crippen LogP contribution in [-0.2, 0) is 0 Å². The number of carbonyl (C=O) groups excluding carboxylic acids is 1. The molecule has 3 nitrogen and oxygen atoms in total. The molecule has 0 bridgehead atoms. The number of fused-ring (bicyclic) bond motifs is 1. The molecule has 138 valence electrons. The Labute approximate surface area is 172 Å². The van der Waals surface area contributed by atoms with Crippen LogP contribution in [0.4, 0.5) is 0 Å². The lowest BCUT2D eigenvalue weighted by molar-refractivity contribution is 0.0965. The standard InChI is InChI=1S/C23H18N2OS2/c26-22(15-14-19-11-7-16-27-19)25-21-13-5-4-12-20(21)24-23(25)28-17-6-10-18-8-2-1-3-9-18/h1-16H,17H2/b10-6+,15-14-. The highest BCUT2D eigenvalue weighted by atomic mass is 32.2. The minimum Gasteiger partial charge on any atom is -0.269 e. The zero-order valence-electron chi connectivity index (χ0n) is 15.1. The molecule has 0 aliphatic rings. The van der Waals surface area contributed by atoms with Crippen molar-refractivity contribution in [3.8, 4) is 0 Å². The Morgan fingerprint density at radius 2 is 1.82 bits per heavy atom. The molecular formula is C23H18N2OS2. The number of carbonyl (C=O) groups is 1. The molecule has 0 unspecified atom stereocenters. The van der Waals surface area contributed by atoms with Crippen LogP contribution >= 0.6 is 23.1 Å². The third-order valence-corrected chi connectivity index (χ3v) is 5.83. The van der Waals surface area contributed by atoms with E-state index < -0.39 is 0 Å². The number of hydrogen-bond acceptors (Lipinski definition) is 4. The largest absolute Gasteiger partial charge is 0.269 e. The predicted molar refractivity (Wildman–Crippen MR) is 120 cm³/mol. The molecule has 28 heavy (non-hydrogen) atoms. The summed E-state index contributed by atoms with van der Waals surface area (Å²) in [6.07, 6.45) is 7.64. The van der Waals surface area contributed by atoms with Gasteiger partial charge in [-0.2, -0.15) is 0 Å². The Morgan fingerprint density at radius 1 is 1.00 bits per heavy atom. The van der Waals surface area contributed by atoms with Crippen LogP contribution in [0.2, 0.25) is 0 Å². The predicted octanol–water partition coefficient (Wildman–Crippen LogP) is 6.26. The van der Waals surface area contributed by atoms with Gasteiger partial charge in [0.05, 0.1) is 11.0 Å². The van der Waals surface area contributed by atoms with Gasteiger partial charge in [-0.15, -0.1) is 11.3 Å². The van der Waals surface area contributed by atoms with Crippen molar-refractivity contribution in [1.82, 2.24) is 9.55 Å². The van der Waals surface area contributed by atoms with E-state index in [1.165, 1.54) is 0 Å². The number of benzene rings is 2. The molecule has 0 spiro atoms.